The lowest BCUT2D eigenvalue weighted by Gasteiger charge is -2.35. The van der Waals surface area contributed by atoms with Gasteiger partial charge in [0.2, 0.25) is 15.9 Å². The number of carbonyl (C=O) groups is 1. The maximum atomic E-state index is 15.0. The molecule has 1 aliphatic heterocycles. The van der Waals surface area contributed by atoms with Crippen LogP contribution in [0.5, 0.6) is 0 Å². The van der Waals surface area contributed by atoms with Crippen LogP contribution in [-0.4, -0.2) is 55.6 Å². The molecule has 7 nitrogen and oxygen atoms in total. The van der Waals surface area contributed by atoms with Crippen LogP contribution in [0.25, 0.3) is 0 Å². The Balaban J connectivity index is 1.49. The van der Waals surface area contributed by atoms with Crippen molar-refractivity contribution in [2.75, 3.05) is 25.0 Å². The zero-order valence-corrected chi connectivity index (χ0v) is 22.9. The predicted molar refractivity (Wildman–Crippen MR) is 146 cm³/mol. The minimum atomic E-state index is -3.33. The Kier molecular flexibility index (Phi) is 8.91. The molecule has 2 aromatic rings. The Bertz CT molecular complexity index is 1200. The van der Waals surface area contributed by atoms with Gasteiger partial charge in [-0.3, -0.25) is 4.79 Å². The summed E-state index contributed by atoms with van der Waals surface area (Å²) in [5.74, 6) is -1.03. The maximum absolute atomic E-state index is 15.0. The molecule has 2 aliphatic rings. The Morgan fingerprint density at radius 2 is 1.92 bits per heavy atom. The molecule has 0 aromatic heterocycles. The number of nitrogens with two attached hydrogens (primary N) is 1. The van der Waals surface area contributed by atoms with E-state index in [9.17, 15) is 17.6 Å². The molecule has 1 unspecified atom stereocenters. The number of hydrogen-bond acceptors (Lipinski definition) is 5. The third kappa shape index (κ3) is 6.52. The number of sulfonamides is 1. The lowest BCUT2D eigenvalue weighted by Crippen LogP contribution is -2.54. The molecule has 37 heavy (non-hydrogen) atoms. The topological polar surface area (TPSA) is 105 Å². The molecule has 3 atom stereocenters. The molecule has 4 N–H and O–H groups in total. The molecule has 10 heteroatoms. The average Bonchev–Trinajstić information content (AvgIpc) is 3.71. The van der Waals surface area contributed by atoms with Crippen LogP contribution < -0.4 is 16.4 Å². The highest BCUT2D eigenvalue weighted by Gasteiger charge is 2.43. The second-order valence-corrected chi connectivity index (χ2v) is 13.0. The van der Waals surface area contributed by atoms with E-state index in [4.69, 9.17) is 17.3 Å². The summed E-state index contributed by atoms with van der Waals surface area (Å²) in [6.07, 6.45) is 2.13. The Morgan fingerprint density at radius 1 is 1.22 bits per heavy atom. The lowest BCUT2D eigenvalue weighted by atomic mass is 9.82. The molecule has 2 aromatic carbocycles. The fraction of sp³-hybridized carbons (Fsp3) is 0.519. The molecule has 202 valence electrons. The smallest absolute Gasteiger partial charge is 0.241 e. The minimum Gasteiger partial charge on any atom is -0.324 e. The van der Waals surface area contributed by atoms with Crippen molar-refractivity contribution < 1.29 is 17.6 Å². The van der Waals surface area contributed by atoms with Crippen molar-refractivity contribution in [1.29, 1.82) is 0 Å². The van der Waals surface area contributed by atoms with E-state index in [-0.39, 0.29) is 29.5 Å². The number of anilines is 1. The Hall–Kier alpha value is -2.04. The summed E-state index contributed by atoms with van der Waals surface area (Å²) in [6.45, 7) is 5.54. The van der Waals surface area contributed by atoms with Crippen LogP contribution in [0.15, 0.2) is 42.5 Å². The molecule has 1 aliphatic carbocycles. The van der Waals surface area contributed by atoms with Crippen LogP contribution in [0, 0.1) is 11.7 Å². The first-order chi connectivity index (χ1) is 17.6. The highest BCUT2D eigenvalue weighted by Crippen LogP contribution is 2.34. The summed E-state index contributed by atoms with van der Waals surface area (Å²) in [4.78, 5) is 13.3. The van der Waals surface area contributed by atoms with Gasteiger partial charge >= 0.3 is 0 Å². The molecule has 4 rings (SSSR count). The summed E-state index contributed by atoms with van der Waals surface area (Å²) in [5, 5.41) is 6.42. The number of benzene rings is 2. The van der Waals surface area contributed by atoms with E-state index in [1.54, 1.807) is 28.6 Å². The quantitative estimate of drug-likeness (QED) is 0.416. The van der Waals surface area contributed by atoms with Crippen LogP contribution in [-0.2, 0) is 21.2 Å². The van der Waals surface area contributed by atoms with Crippen molar-refractivity contribution in [2.24, 2.45) is 11.7 Å². The van der Waals surface area contributed by atoms with E-state index in [1.807, 2.05) is 26.0 Å². The molecule has 1 heterocycles. The van der Waals surface area contributed by atoms with Gasteiger partial charge in [0.15, 0.2) is 0 Å². The zero-order valence-electron chi connectivity index (χ0n) is 21.3. The average molecular weight is 551 g/mol. The highest BCUT2D eigenvalue weighted by molar-refractivity contribution is 7.90. The van der Waals surface area contributed by atoms with Crippen LogP contribution >= 0.6 is 11.6 Å². The number of piperazine rings is 1. The molecule has 1 saturated heterocycles. The largest absolute Gasteiger partial charge is 0.324 e. The standard InChI is InChI=1S/C27H36ClFN4O3S/c1-17(2)25(18-6-8-19(28)9-7-18)26(30)27(34)32-24-5-3-4-23(29)22(24)13-10-20-16-31-14-15-33(20)37(35,36)21-11-12-21/h3-9,17,20-21,25-26,31H,10-16,30H2,1-2H3,(H,32,34)/t20-,25?,26-/m0/s1. The third-order valence-corrected chi connectivity index (χ3v) is 10.0. The number of rotatable bonds is 10. The number of nitrogens with one attached hydrogen (secondary N) is 2. The van der Waals surface area contributed by atoms with Crippen LogP contribution in [0.4, 0.5) is 10.1 Å². The molecule has 0 spiro atoms. The molecule has 0 bridgehead atoms. The summed E-state index contributed by atoms with van der Waals surface area (Å²) < 4.78 is 42.4. The monoisotopic (exact) mass is 550 g/mol. The number of nitrogens with zero attached hydrogens (tertiary/aromatic N) is 1. The number of hydrogen-bond donors (Lipinski definition) is 3. The zero-order chi connectivity index (χ0) is 26.7. The normalized spacial score (nSPS) is 20.5. The van der Waals surface area contributed by atoms with Gasteiger partial charge in [0.05, 0.1) is 11.3 Å². The SMILES string of the molecule is CC(C)C(c1ccc(Cl)cc1)[C@H](N)C(=O)Nc1cccc(F)c1CC[C@H]1CNCCN1S(=O)(=O)C1CC1. The molecular weight excluding hydrogens is 515 g/mol. The van der Waals surface area contributed by atoms with Gasteiger partial charge in [-0.2, -0.15) is 4.31 Å². The van der Waals surface area contributed by atoms with Gasteiger partial charge in [-0.05, 0) is 61.4 Å². The van der Waals surface area contributed by atoms with Gasteiger partial charge < -0.3 is 16.4 Å². The van der Waals surface area contributed by atoms with Gasteiger partial charge in [-0.15, -0.1) is 0 Å². The van der Waals surface area contributed by atoms with Crippen molar-refractivity contribution in [3.63, 3.8) is 0 Å². The molecule has 1 saturated carbocycles. The number of amides is 1. The van der Waals surface area contributed by atoms with E-state index in [1.165, 1.54) is 6.07 Å². The highest BCUT2D eigenvalue weighted by atomic mass is 35.5. The van der Waals surface area contributed by atoms with Crippen molar-refractivity contribution in [3.05, 3.63) is 64.4 Å². The van der Waals surface area contributed by atoms with Gasteiger partial charge in [0.25, 0.3) is 0 Å². The number of carbonyl (C=O) groups excluding carboxylic acids is 1. The van der Waals surface area contributed by atoms with Gasteiger partial charge in [0, 0.05) is 47.9 Å². The van der Waals surface area contributed by atoms with E-state index >= 15 is 0 Å². The van der Waals surface area contributed by atoms with Crippen LogP contribution in [0.1, 0.15) is 50.2 Å². The lowest BCUT2D eigenvalue weighted by molar-refractivity contribution is -0.118. The maximum Gasteiger partial charge on any atom is 0.241 e. The van der Waals surface area contributed by atoms with Crippen LogP contribution in [0.3, 0.4) is 0 Å². The van der Waals surface area contributed by atoms with E-state index < -0.39 is 27.8 Å². The fourth-order valence-electron chi connectivity index (χ4n) is 5.19. The van der Waals surface area contributed by atoms with Crippen LogP contribution in [0.2, 0.25) is 5.02 Å². The molecular formula is C27H36ClFN4O3S. The van der Waals surface area contributed by atoms with Crippen molar-refractivity contribution >= 4 is 33.2 Å². The second kappa shape index (κ2) is 11.8. The van der Waals surface area contributed by atoms with Gasteiger partial charge in [-0.1, -0.05) is 43.6 Å². The first-order valence-corrected chi connectivity index (χ1v) is 14.8. The first-order valence-electron chi connectivity index (χ1n) is 12.9. The second-order valence-electron chi connectivity index (χ2n) is 10.4. The number of halogens is 2. The van der Waals surface area contributed by atoms with Crippen molar-refractivity contribution in [1.82, 2.24) is 9.62 Å². The predicted octanol–water partition coefficient (Wildman–Crippen LogP) is 3.88. The summed E-state index contributed by atoms with van der Waals surface area (Å²) in [5.41, 5.74) is 8.06. The van der Waals surface area contributed by atoms with Crippen molar-refractivity contribution in [2.45, 2.75) is 62.8 Å². The minimum absolute atomic E-state index is 0.0760. The summed E-state index contributed by atoms with van der Waals surface area (Å²) in [6, 6.07) is 10.7. The van der Waals surface area contributed by atoms with Crippen molar-refractivity contribution in [3.8, 4) is 0 Å². The van der Waals surface area contributed by atoms with E-state index in [0.717, 1.165) is 5.56 Å². The molecule has 0 radical (unpaired) electrons. The first kappa shape index (κ1) is 28.0. The molecule has 1 amide bonds. The summed E-state index contributed by atoms with van der Waals surface area (Å²) >= 11 is 6.03. The van der Waals surface area contributed by atoms with E-state index in [0.29, 0.717) is 55.2 Å². The van der Waals surface area contributed by atoms with E-state index in [2.05, 4.69) is 10.6 Å². The third-order valence-electron chi connectivity index (χ3n) is 7.34. The summed E-state index contributed by atoms with van der Waals surface area (Å²) in [7, 11) is -3.33. The van der Waals surface area contributed by atoms with Gasteiger partial charge in [0.1, 0.15) is 5.82 Å². The van der Waals surface area contributed by atoms with Gasteiger partial charge in [-0.25, -0.2) is 12.8 Å². The fourth-order valence-corrected chi connectivity index (χ4v) is 7.37. The Labute approximate surface area is 224 Å². The molecule has 2 fully saturated rings. The Morgan fingerprint density at radius 3 is 2.57 bits per heavy atom.